The van der Waals surface area contributed by atoms with Gasteiger partial charge in [0.05, 0.1) is 6.54 Å². The lowest BCUT2D eigenvalue weighted by atomic mass is 9.92. The molecule has 0 bridgehead atoms. The van der Waals surface area contributed by atoms with Gasteiger partial charge in [0, 0.05) is 19.1 Å². The number of carbonyl (C=O) groups is 1. The number of hydrogen-bond acceptors (Lipinski definition) is 2. The summed E-state index contributed by atoms with van der Waals surface area (Å²) in [5, 5.41) is 3.22. The van der Waals surface area contributed by atoms with Crippen molar-refractivity contribution in [3.05, 3.63) is 0 Å². The molecular weight excluding hydrogens is 224 g/mol. The highest BCUT2D eigenvalue weighted by molar-refractivity contribution is 5.78. The molecule has 3 nitrogen and oxygen atoms in total. The van der Waals surface area contributed by atoms with E-state index in [9.17, 15) is 4.79 Å². The Bertz CT molecular complexity index is 264. The van der Waals surface area contributed by atoms with E-state index in [0.717, 1.165) is 24.9 Å². The van der Waals surface area contributed by atoms with Crippen LogP contribution >= 0.6 is 0 Å². The molecule has 0 aromatic heterocycles. The van der Waals surface area contributed by atoms with Crippen molar-refractivity contribution < 1.29 is 4.79 Å². The van der Waals surface area contributed by atoms with E-state index >= 15 is 0 Å². The maximum Gasteiger partial charge on any atom is 0.234 e. The quantitative estimate of drug-likeness (QED) is 0.836. The fourth-order valence-corrected chi connectivity index (χ4v) is 3.64. The molecule has 0 spiro atoms. The van der Waals surface area contributed by atoms with Crippen molar-refractivity contribution in [1.29, 1.82) is 0 Å². The van der Waals surface area contributed by atoms with E-state index < -0.39 is 0 Å². The van der Waals surface area contributed by atoms with Gasteiger partial charge in [0.1, 0.15) is 0 Å². The van der Waals surface area contributed by atoms with Gasteiger partial charge in [-0.25, -0.2) is 0 Å². The largest absolute Gasteiger partial charge is 0.352 e. The highest BCUT2D eigenvalue weighted by Crippen LogP contribution is 2.21. The van der Waals surface area contributed by atoms with Gasteiger partial charge in [0.2, 0.25) is 5.91 Å². The Hall–Kier alpha value is -0.570. The van der Waals surface area contributed by atoms with Crippen molar-refractivity contribution in [3.8, 4) is 0 Å². The first kappa shape index (κ1) is 13.9. The van der Waals surface area contributed by atoms with Gasteiger partial charge in [-0.15, -0.1) is 0 Å². The molecule has 3 heteroatoms. The smallest absolute Gasteiger partial charge is 0.234 e. The van der Waals surface area contributed by atoms with Crippen LogP contribution in [0.2, 0.25) is 0 Å². The number of likely N-dealkylation sites (tertiary alicyclic amines) is 1. The van der Waals surface area contributed by atoms with E-state index in [1.807, 2.05) is 0 Å². The first-order valence-corrected chi connectivity index (χ1v) is 7.65. The summed E-state index contributed by atoms with van der Waals surface area (Å²) in [5.74, 6) is 1.70. The minimum atomic E-state index is 0.239. The molecule has 1 aliphatic heterocycles. The average Bonchev–Trinajstić information content (AvgIpc) is 2.28. The number of rotatable bonds is 3. The Morgan fingerprint density at radius 1 is 1.11 bits per heavy atom. The molecule has 1 saturated carbocycles. The highest BCUT2D eigenvalue weighted by atomic mass is 16.2. The van der Waals surface area contributed by atoms with Crippen LogP contribution in [0.25, 0.3) is 0 Å². The molecule has 1 saturated heterocycles. The molecule has 1 N–H and O–H groups in total. The molecule has 1 heterocycles. The lowest BCUT2D eigenvalue weighted by molar-refractivity contribution is -0.123. The van der Waals surface area contributed by atoms with E-state index in [-0.39, 0.29) is 5.91 Å². The van der Waals surface area contributed by atoms with Gasteiger partial charge in [-0.05, 0) is 31.1 Å². The summed E-state index contributed by atoms with van der Waals surface area (Å²) < 4.78 is 0. The van der Waals surface area contributed by atoms with E-state index in [4.69, 9.17) is 0 Å². The van der Waals surface area contributed by atoms with Crippen molar-refractivity contribution >= 4 is 5.91 Å². The normalized spacial score (nSPS) is 31.2. The van der Waals surface area contributed by atoms with Gasteiger partial charge in [0.25, 0.3) is 0 Å². The summed E-state index contributed by atoms with van der Waals surface area (Å²) in [6.07, 6.45) is 7.57. The monoisotopic (exact) mass is 252 g/mol. The van der Waals surface area contributed by atoms with Crippen LogP contribution in [0.3, 0.4) is 0 Å². The summed E-state index contributed by atoms with van der Waals surface area (Å²) >= 11 is 0. The summed E-state index contributed by atoms with van der Waals surface area (Å²) in [7, 11) is 0. The van der Waals surface area contributed by atoms with Crippen molar-refractivity contribution in [2.75, 3.05) is 19.6 Å². The Balaban J connectivity index is 1.72. The number of carbonyl (C=O) groups excluding carboxylic acids is 1. The fourth-order valence-electron chi connectivity index (χ4n) is 3.64. The van der Waals surface area contributed by atoms with Crippen LogP contribution < -0.4 is 5.32 Å². The summed E-state index contributed by atoms with van der Waals surface area (Å²) in [6, 6.07) is 0.450. The number of amides is 1. The molecule has 104 valence electrons. The zero-order valence-electron chi connectivity index (χ0n) is 12.0. The lowest BCUT2D eigenvalue weighted by Gasteiger charge is -2.35. The van der Waals surface area contributed by atoms with E-state index in [1.165, 1.54) is 38.5 Å². The minimum absolute atomic E-state index is 0.239. The number of nitrogens with zero attached hydrogens (tertiary/aromatic N) is 1. The Morgan fingerprint density at radius 3 is 2.33 bits per heavy atom. The molecular formula is C15H28N2O. The zero-order valence-corrected chi connectivity index (χ0v) is 12.0. The molecule has 0 aromatic carbocycles. The van der Waals surface area contributed by atoms with E-state index in [0.29, 0.717) is 12.6 Å². The van der Waals surface area contributed by atoms with E-state index in [1.54, 1.807) is 0 Å². The molecule has 0 radical (unpaired) electrons. The van der Waals surface area contributed by atoms with Crippen molar-refractivity contribution in [2.45, 2.75) is 58.4 Å². The maximum absolute atomic E-state index is 12.0. The summed E-state index contributed by atoms with van der Waals surface area (Å²) in [6.45, 7) is 7.36. The van der Waals surface area contributed by atoms with Crippen LogP contribution in [-0.2, 0) is 4.79 Å². The van der Waals surface area contributed by atoms with Crippen LogP contribution in [0.1, 0.15) is 52.4 Å². The van der Waals surface area contributed by atoms with Crippen molar-refractivity contribution in [1.82, 2.24) is 10.2 Å². The lowest BCUT2D eigenvalue weighted by Crippen LogP contribution is -2.47. The third kappa shape index (κ3) is 4.27. The van der Waals surface area contributed by atoms with Crippen LogP contribution in [-0.4, -0.2) is 36.5 Å². The molecule has 2 rings (SSSR count). The van der Waals surface area contributed by atoms with Gasteiger partial charge in [-0.1, -0.05) is 33.1 Å². The van der Waals surface area contributed by atoms with Crippen LogP contribution in [0.15, 0.2) is 0 Å². The molecule has 0 aromatic rings. The standard InChI is InChI=1S/C15H28N2O/c1-12-8-13(2)10-17(9-12)11-15(18)16-14-6-4-3-5-7-14/h12-14H,3-11H2,1-2H3,(H,16,18)/t12-,13-/m0/s1. The minimum Gasteiger partial charge on any atom is -0.352 e. The molecule has 18 heavy (non-hydrogen) atoms. The first-order valence-electron chi connectivity index (χ1n) is 7.65. The van der Waals surface area contributed by atoms with Crippen LogP contribution in [0, 0.1) is 11.8 Å². The predicted octanol–water partition coefficient (Wildman–Crippen LogP) is 2.41. The summed E-state index contributed by atoms with van der Waals surface area (Å²) in [4.78, 5) is 14.4. The van der Waals surface area contributed by atoms with Gasteiger partial charge in [-0.3, -0.25) is 9.69 Å². The SMILES string of the molecule is C[C@H]1C[C@H](C)CN(CC(=O)NC2CCCCC2)C1. The van der Waals surface area contributed by atoms with Gasteiger partial charge < -0.3 is 5.32 Å². The Kier molecular flexibility index (Phi) is 5.04. The average molecular weight is 252 g/mol. The molecule has 2 fully saturated rings. The fraction of sp³-hybridized carbons (Fsp3) is 0.933. The Labute approximate surface area is 111 Å². The molecule has 0 unspecified atom stereocenters. The molecule has 1 amide bonds. The van der Waals surface area contributed by atoms with Crippen LogP contribution in [0.5, 0.6) is 0 Å². The second kappa shape index (κ2) is 6.55. The second-order valence-corrected chi connectivity index (χ2v) is 6.54. The van der Waals surface area contributed by atoms with Gasteiger partial charge >= 0.3 is 0 Å². The van der Waals surface area contributed by atoms with Gasteiger partial charge in [0.15, 0.2) is 0 Å². The summed E-state index contributed by atoms with van der Waals surface area (Å²) in [5.41, 5.74) is 0. The molecule has 2 aliphatic rings. The van der Waals surface area contributed by atoms with E-state index in [2.05, 4.69) is 24.1 Å². The highest BCUT2D eigenvalue weighted by Gasteiger charge is 2.24. The number of nitrogens with one attached hydrogen (secondary N) is 1. The number of piperidine rings is 1. The number of hydrogen-bond donors (Lipinski definition) is 1. The Morgan fingerprint density at radius 2 is 1.72 bits per heavy atom. The van der Waals surface area contributed by atoms with Crippen LogP contribution in [0.4, 0.5) is 0 Å². The zero-order chi connectivity index (χ0) is 13.0. The third-order valence-electron chi connectivity index (χ3n) is 4.28. The third-order valence-corrected chi connectivity index (χ3v) is 4.28. The maximum atomic E-state index is 12.0. The predicted molar refractivity (Wildman–Crippen MR) is 74.4 cm³/mol. The molecule has 2 atom stereocenters. The van der Waals surface area contributed by atoms with Gasteiger partial charge in [-0.2, -0.15) is 0 Å². The first-order chi connectivity index (χ1) is 8.63. The molecule has 1 aliphatic carbocycles. The topological polar surface area (TPSA) is 32.3 Å². The second-order valence-electron chi connectivity index (χ2n) is 6.54. The van der Waals surface area contributed by atoms with Crippen molar-refractivity contribution in [2.24, 2.45) is 11.8 Å². The van der Waals surface area contributed by atoms with Crippen molar-refractivity contribution in [3.63, 3.8) is 0 Å².